The van der Waals surface area contributed by atoms with E-state index in [1.807, 2.05) is 0 Å². The molecule has 0 radical (unpaired) electrons. The number of fused-ring (bicyclic) bond motifs is 1. The third-order valence-corrected chi connectivity index (χ3v) is 6.01. The summed E-state index contributed by atoms with van der Waals surface area (Å²) in [6.45, 7) is 3.55. The molecule has 138 valence electrons. The van der Waals surface area contributed by atoms with Crippen molar-refractivity contribution in [2.45, 2.75) is 89.1 Å². The summed E-state index contributed by atoms with van der Waals surface area (Å²) in [4.78, 5) is 11.5. The number of carbonyl (C=O) groups is 1. The summed E-state index contributed by atoms with van der Waals surface area (Å²) < 4.78 is 17.3. The molecule has 0 aromatic rings. The van der Waals surface area contributed by atoms with Crippen molar-refractivity contribution in [2.75, 3.05) is 13.2 Å². The molecule has 5 nitrogen and oxygen atoms in total. The van der Waals surface area contributed by atoms with Crippen molar-refractivity contribution in [1.82, 2.24) is 0 Å². The van der Waals surface area contributed by atoms with E-state index in [4.69, 9.17) is 14.2 Å². The number of aliphatic hydroxyl groups is 1. The smallest absolute Gasteiger partial charge is 0.306 e. The SMILES string of the molecule is CCCCCCCC1(CC[C@H]2C(O)C[C@@H]3OC(=O)C[C@@H]32)OCCO1. The lowest BCUT2D eigenvalue weighted by atomic mass is 9.86. The zero-order valence-electron chi connectivity index (χ0n) is 14.9. The molecule has 24 heavy (non-hydrogen) atoms. The van der Waals surface area contributed by atoms with Gasteiger partial charge in [0.1, 0.15) is 6.10 Å². The molecule has 3 aliphatic rings. The topological polar surface area (TPSA) is 65.0 Å². The fraction of sp³-hybridized carbons (Fsp3) is 0.947. The zero-order valence-corrected chi connectivity index (χ0v) is 14.9. The van der Waals surface area contributed by atoms with E-state index < -0.39 is 5.79 Å². The summed E-state index contributed by atoms with van der Waals surface area (Å²) >= 11 is 0. The largest absolute Gasteiger partial charge is 0.462 e. The number of carbonyl (C=O) groups excluding carboxylic acids is 1. The van der Waals surface area contributed by atoms with Crippen LogP contribution in [0, 0.1) is 11.8 Å². The number of aliphatic hydroxyl groups excluding tert-OH is 1. The van der Waals surface area contributed by atoms with Crippen molar-refractivity contribution in [3.63, 3.8) is 0 Å². The van der Waals surface area contributed by atoms with Gasteiger partial charge in [0.25, 0.3) is 0 Å². The zero-order chi connectivity index (χ0) is 17.0. The highest BCUT2D eigenvalue weighted by atomic mass is 16.7. The third-order valence-electron chi connectivity index (χ3n) is 6.01. The maximum atomic E-state index is 11.5. The van der Waals surface area contributed by atoms with Crippen LogP contribution in [0.1, 0.15) is 71.1 Å². The molecule has 1 saturated carbocycles. The third kappa shape index (κ3) is 4.12. The van der Waals surface area contributed by atoms with Gasteiger partial charge in [-0.3, -0.25) is 4.79 Å². The second-order valence-electron chi connectivity index (χ2n) is 7.67. The molecule has 3 rings (SSSR count). The van der Waals surface area contributed by atoms with Crippen molar-refractivity contribution in [3.05, 3.63) is 0 Å². The van der Waals surface area contributed by atoms with E-state index in [1.165, 1.54) is 25.7 Å². The van der Waals surface area contributed by atoms with Crippen LogP contribution in [0.15, 0.2) is 0 Å². The molecule has 1 unspecified atom stereocenters. The predicted molar refractivity (Wildman–Crippen MR) is 89.3 cm³/mol. The van der Waals surface area contributed by atoms with Gasteiger partial charge in [0.2, 0.25) is 0 Å². The lowest BCUT2D eigenvalue weighted by Gasteiger charge is -2.30. The molecule has 2 heterocycles. The molecular weight excluding hydrogens is 308 g/mol. The van der Waals surface area contributed by atoms with Gasteiger partial charge in [0.05, 0.1) is 25.7 Å². The average molecular weight is 340 g/mol. The van der Waals surface area contributed by atoms with E-state index in [9.17, 15) is 9.90 Å². The van der Waals surface area contributed by atoms with E-state index >= 15 is 0 Å². The molecule has 0 aromatic heterocycles. The van der Waals surface area contributed by atoms with Crippen LogP contribution in [0.4, 0.5) is 0 Å². The molecule has 0 spiro atoms. The molecule has 0 aromatic carbocycles. The first kappa shape index (κ1) is 18.2. The van der Waals surface area contributed by atoms with Crippen LogP contribution in [0.25, 0.3) is 0 Å². The summed E-state index contributed by atoms with van der Waals surface area (Å²) in [5.41, 5.74) is 0. The van der Waals surface area contributed by atoms with Crippen molar-refractivity contribution >= 4 is 5.97 Å². The number of esters is 1. The molecule has 0 amide bonds. The highest BCUT2D eigenvalue weighted by Gasteiger charge is 2.50. The number of hydrogen-bond acceptors (Lipinski definition) is 5. The van der Waals surface area contributed by atoms with Gasteiger partial charge in [-0.1, -0.05) is 32.6 Å². The van der Waals surface area contributed by atoms with Crippen LogP contribution in [-0.4, -0.2) is 42.3 Å². The highest BCUT2D eigenvalue weighted by molar-refractivity contribution is 5.72. The van der Waals surface area contributed by atoms with Crippen molar-refractivity contribution < 1.29 is 24.1 Å². The molecule has 3 fully saturated rings. The molecule has 2 aliphatic heterocycles. The van der Waals surface area contributed by atoms with Crippen LogP contribution in [0.2, 0.25) is 0 Å². The molecule has 1 aliphatic carbocycles. The van der Waals surface area contributed by atoms with Gasteiger partial charge in [0.15, 0.2) is 5.79 Å². The minimum absolute atomic E-state index is 0.0760. The Morgan fingerprint density at radius 2 is 1.88 bits per heavy atom. The second kappa shape index (κ2) is 8.15. The summed E-state index contributed by atoms with van der Waals surface area (Å²) in [6.07, 6.45) is 9.35. The van der Waals surface area contributed by atoms with Crippen LogP contribution in [0.5, 0.6) is 0 Å². The molecule has 2 saturated heterocycles. The Morgan fingerprint density at radius 1 is 1.12 bits per heavy atom. The Morgan fingerprint density at radius 3 is 2.62 bits per heavy atom. The Bertz CT molecular complexity index is 418. The van der Waals surface area contributed by atoms with Gasteiger partial charge in [-0.15, -0.1) is 0 Å². The van der Waals surface area contributed by atoms with Crippen molar-refractivity contribution in [3.8, 4) is 0 Å². The predicted octanol–water partition coefficient (Wildman–Crippen LogP) is 3.18. The first-order valence-corrected chi connectivity index (χ1v) is 9.79. The molecule has 0 bridgehead atoms. The Balaban J connectivity index is 1.49. The summed E-state index contributed by atoms with van der Waals surface area (Å²) in [5.74, 6) is -0.268. The lowest BCUT2D eigenvalue weighted by molar-refractivity contribution is -0.171. The van der Waals surface area contributed by atoms with E-state index in [0.717, 1.165) is 25.7 Å². The van der Waals surface area contributed by atoms with Gasteiger partial charge in [0, 0.05) is 25.2 Å². The normalized spacial score (nSPS) is 34.5. The Hall–Kier alpha value is -0.650. The fourth-order valence-electron chi connectivity index (χ4n) is 4.68. The lowest BCUT2D eigenvalue weighted by Crippen LogP contribution is -2.32. The van der Waals surface area contributed by atoms with E-state index in [2.05, 4.69) is 6.92 Å². The molecule has 1 N–H and O–H groups in total. The standard InChI is InChI=1S/C19H32O5/c1-2-3-4-5-6-8-19(22-10-11-23-19)9-7-14-15-12-18(21)24-17(15)13-16(14)20/h14-17,20H,2-13H2,1H3/t14-,15-,16?,17+/m1/s1. The van der Waals surface area contributed by atoms with Gasteiger partial charge in [-0.25, -0.2) is 0 Å². The average Bonchev–Trinajstić information content (AvgIpc) is 3.21. The van der Waals surface area contributed by atoms with Crippen LogP contribution in [0.3, 0.4) is 0 Å². The first-order chi connectivity index (χ1) is 11.6. The van der Waals surface area contributed by atoms with Crippen molar-refractivity contribution in [1.29, 1.82) is 0 Å². The Labute approximate surface area is 145 Å². The fourth-order valence-corrected chi connectivity index (χ4v) is 4.68. The minimum atomic E-state index is -0.465. The van der Waals surface area contributed by atoms with Gasteiger partial charge >= 0.3 is 5.97 Å². The van der Waals surface area contributed by atoms with Crippen LogP contribution in [-0.2, 0) is 19.0 Å². The number of rotatable bonds is 9. The van der Waals surface area contributed by atoms with Gasteiger partial charge in [-0.2, -0.15) is 0 Å². The maximum Gasteiger partial charge on any atom is 0.306 e. The number of hydrogen-bond donors (Lipinski definition) is 1. The summed E-state index contributed by atoms with van der Waals surface area (Å²) in [5, 5.41) is 10.3. The number of unbranched alkanes of at least 4 members (excludes halogenated alkanes) is 4. The summed E-state index contributed by atoms with van der Waals surface area (Å²) in [7, 11) is 0. The Kier molecular flexibility index (Phi) is 6.17. The van der Waals surface area contributed by atoms with Gasteiger partial charge < -0.3 is 19.3 Å². The molecule has 4 atom stereocenters. The molecule has 5 heteroatoms. The second-order valence-corrected chi connectivity index (χ2v) is 7.67. The van der Waals surface area contributed by atoms with E-state index in [0.29, 0.717) is 26.1 Å². The summed E-state index contributed by atoms with van der Waals surface area (Å²) in [6, 6.07) is 0. The highest BCUT2D eigenvalue weighted by Crippen LogP contribution is 2.45. The number of ether oxygens (including phenoxy) is 3. The maximum absolute atomic E-state index is 11.5. The first-order valence-electron chi connectivity index (χ1n) is 9.79. The molecular formula is C19H32O5. The van der Waals surface area contributed by atoms with Crippen LogP contribution < -0.4 is 0 Å². The van der Waals surface area contributed by atoms with Crippen LogP contribution >= 0.6 is 0 Å². The van der Waals surface area contributed by atoms with E-state index in [1.54, 1.807) is 0 Å². The van der Waals surface area contributed by atoms with Crippen molar-refractivity contribution in [2.24, 2.45) is 11.8 Å². The quantitative estimate of drug-likeness (QED) is 0.516. The van der Waals surface area contributed by atoms with E-state index in [-0.39, 0.29) is 30.0 Å². The monoisotopic (exact) mass is 340 g/mol. The van der Waals surface area contributed by atoms with Gasteiger partial charge in [-0.05, 0) is 18.8 Å². The minimum Gasteiger partial charge on any atom is -0.462 e.